The molecule has 0 heterocycles. The summed E-state index contributed by atoms with van der Waals surface area (Å²) in [4.78, 5) is 11.8. The van der Waals surface area contributed by atoms with Crippen LogP contribution < -0.4 is 11.1 Å². The lowest BCUT2D eigenvalue weighted by molar-refractivity contribution is -0.124. The van der Waals surface area contributed by atoms with Crippen LogP contribution >= 0.6 is 12.4 Å². The quantitative estimate of drug-likeness (QED) is 0.813. The van der Waals surface area contributed by atoms with E-state index in [4.69, 9.17) is 5.73 Å². The Morgan fingerprint density at radius 3 is 2.55 bits per heavy atom. The number of hydrogen-bond acceptors (Lipinski definition) is 2. The Balaban J connectivity index is 0.00000361. The van der Waals surface area contributed by atoms with Gasteiger partial charge in [-0.05, 0) is 37.8 Å². The van der Waals surface area contributed by atoms with Gasteiger partial charge in [-0.25, -0.2) is 4.39 Å². The third kappa shape index (κ3) is 6.87. The van der Waals surface area contributed by atoms with Gasteiger partial charge < -0.3 is 11.1 Å². The summed E-state index contributed by atoms with van der Waals surface area (Å²) in [6.45, 7) is 4.37. The third-order valence-electron chi connectivity index (χ3n) is 3.15. The van der Waals surface area contributed by atoms with Crippen LogP contribution in [0.15, 0.2) is 24.3 Å². The van der Waals surface area contributed by atoms with Gasteiger partial charge in [0.1, 0.15) is 5.82 Å². The molecular weight excluding hydrogens is 279 g/mol. The van der Waals surface area contributed by atoms with Crippen LogP contribution in [0.25, 0.3) is 0 Å². The minimum Gasteiger partial charge on any atom is -0.356 e. The fourth-order valence-electron chi connectivity index (χ4n) is 1.80. The van der Waals surface area contributed by atoms with E-state index >= 15 is 0 Å². The largest absolute Gasteiger partial charge is 0.356 e. The third-order valence-corrected chi connectivity index (χ3v) is 3.15. The van der Waals surface area contributed by atoms with Gasteiger partial charge in [0.05, 0.1) is 0 Å². The van der Waals surface area contributed by atoms with E-state index in [1.807, 2.05) is 19.9 Å². The fraction of sp³-hybridized carbons (Fsp3) is 0.533. The summed E-state index contributed by atoms with van der Waals surface area (Å²) < 4.78 is 13.4. The molecule has 0 spiro atoms. The van der Waals surface area contributed by atoms with E-state index in [1.54, 1.807) is 12.1 Å². The van der Waals surface area contributed by atoms with Crippen LogP contribution in [0.1, 0.15) is 32.3 Å². The molecule has 2 unspecified atom stereocenters. The summed E-state index contributed by atoms with van der Waals surface area (Å²) in [6, 6.07) is 6.78. The number of rotatable bonds is 7. The van der Waals surface area contributed by atoms with E-state index in [0.717, 1.165) is 6.42 Å². The highest BCUT2D eigenvalue weighted by atomic mass is 35.5. The standard InChI is InChI=1S/C15H23FN2O.ClH/c1-11(15(19)18-10-9-12(2)17)7-8-13-5-3-4-6-14(13)16;/h3-6,11-12H,7-10,17H2,1-2H3,(H,18,19);1H. The zero-order valence-corrected chi connectivity index (χ0v) is 12.9. The van der Waals surface area contributed by atoms with Crippen LogP contribution in [0.3, 0.4) is 0 Å². The lowest BCUT2D eigenvalue weighted by Crippen LogP contribution is -2.32. The van der Waals surface area contributed by atoms with Crippen molar-refractivity contribution in [3.8, 4) is 0 Å². The highest BCUT2D eigenvalue weighted by molar-refractivity contribution is 5.85. The van der Waals surface area contributed by atoms with Gasteiger partial charge in [-0.2, -0.15) is 0 Å². The molecule has 0 aliphatic rings. The Kier molecular flexibility index (Phi) is 9.17. The maximum atomic E-state index is 13.4. The van der Waals surface area contributed by atoms with E-state index in [9.17, 15) is 9.18 Å². The second-order valence-corrected chi connectivity index (χ2v) is 5.09. The van der Waals surface area contributed by atoms with Crippen molar-refractivity contribution < 1.29 is 9.18 Å². The molecule has 2 atom stereocenters. The lowest BCUT2D eigenvalue weighted by Gasteiger charge is -2.13. The Bertz CT molecular complexity index is 413. The van der Waals surface area contributed by atoms with Gasteiger partial charge in [-0.3, -0.25) is 4.79 Å². The molecule has 0 aromatic heterocycles. The van der Waals surface area contributed by atoms with Crippen molar-refractivity contribution in [3.63, 3.8) is 0 Å². The van der Waals surface area contributed by atoms with E-state index in [2.05, 4.69) is 5.32 Å². The van der Waals surface area contributed by atoms with E-state index in [0.29, 0.717) is 24.9 Å². The number of nitrogens with two attached hydrogens (primary N) is 1. The number of carbonyl (C=O) groups is 1. The molecule has 0 aliphatic heterocycles. The fourth-order valence-corrected chi connectivity index (χ4v) is 1.80. The van der Waals surface area contributed by atoms with E-state index in [-0.39, 0.29) is 36.1 Å². The van der Waals surface area contributed by atoms with Gasteiger partial charge in [0, 0.05) is 18.5 Å². The van der Waals surface area contributed by atoms with E-state index in [1.165, 1.54) is 6.07 Å². The van der Waals surface area contributed by atoms with Gasteiger partial charge in [-0.15, -0.1) is 12.4 Å². The highest BCUT2D eigenvalue weighted by Gasteiger charge is 2.13. The highest BCUT2D eigenvalue weighted by Crippen LogP contribution is 2.13. The Morgan fingerprint density at radius 2 is 1.95 bits per heavy atom. The van der Waals surface area contributed by atoms with Crippen molar-refractivity contribution in [2.24, 2.45) is 11.7 Å². The number of amides is 1. The number of aryl methyl sites for hydroxylation is 1. The first-order valence-corrected chi connectivity index (χ1v) is 6.77. The number of carbonyl (C=O) groups excluding carboxylic acids is 1. The maximum Gasteiger partial charge on any atom is 0.222 e. The zero-order chi connectivity index (χ0) is 14.3. The molecule has 114 valence electrons. The monoisotopic (exact) mass is 302 g/mol. The summed E-state index contributed by atoms with van der Waals surface area (Å²) in [5, 5.41) is 2.85. The van der Waals surface area contributed by atoms with Gasteiger partial charge >= 0.3 is 0 Å². The van der Waals surface area contributed by atoms with Crippen LogP contribution in [-0.4, -0.2) is 18.5 Å². The molecule has 0 fully saturated rings. The topological polar surface area (TPSA) is 55.1 Å². The molecule has 0 saturated carbocycles. The number of benzene rings is 1. The average molecular weight is 303 g/mol. The first kappa shape index (κ1) is 18.9. The summed E-state index contributed by atoms with van der Waals surface area (Å²) >= 11 is 0. The Labute approximate surface area is 126 Å². The summed E-state index contributed by atoms with van der Waals surface area (Å²) in [5.74, 6) is -0.309. The summed E-state index contributed by atoms with van der Waals surface area (Å²) in [5.41, 5.74) is 6.28. The van der Waals surface area contributed by atoms with Crippen molar-refractivity contribution in [3.05, 3.63) is 35.6 Å². The molecule has 1 aromatic carbocycles. The first-order valence-electron chi connectivity index (χ1n) is 6.77. The second-order valence-electron chi connectivity index (χ2n) is 5.09. The van der Waals surface area contributed by atoms with Crippen molar-refractivity contribution in [2.45, 2.75) is 39.2 Å². The molecule has 3 nitrogen and oxygen atoms in total. The van der Waals surface area contributed by atoms with Crippen molar-refractivity contribution in [1.82, 2.24) is 5.32 Å². The van der Waals surface area contributed by atoms with Gasteiger partial charge in [-0.1, -0.05) is 25.1 Å². The molecule has 1 amide bonds. The Morgan fingerprint density at radius 1 is 1.30 bits per heavy atom. The van der Waals surface area contributed by atoms with Crippen LogP contribution in [-0.2, 0) is 11.2 Å². The smallest absolute Gasteiger partial charge is 0.222 e. The molecular formula is C15H24ClFN2O. The zero-order valence-electron chi connectivity index (χ0n) is 12.1. The van der Waals surface area contributed by atoms with Crippen LogP contribution in [0.4, 0.5) is 4.39 Å². The molecule has 0 bridgehead atoms. The van der Waals surface area contributed by atoms with Crippen molar-refractivity contribution in [1.29, 1.82) is 0 Å². The summed E-state index contributed by atoms with van der Waals surface area (Å²) in [6.07, 6.45) is 1.99. The molecule has 5 heteroatoms. The van der Waals surface area contributed by atoms with Crippen LogP contribution in [0, 0.1) is 11.7 Å². The first-order chi connectivity index (χ1) is 9.00. The molecule has 0 radical (unpaired) electrons. The Hall–Kier alpha value is -1.13. The van der Waals surface area contributed by atoms with Gasteiger partial charge in [0.25, 0.3) is 0 Å². The lowest BCUT2D eigenvalue weighted by atomic mass is 10.00. The van der Waals surface area contributed by atoms with Crippen molar-refractivity contribution in [2.75, 3.05) is 6.54 Å². The average Bonchev–Trinajstić information content (AvgIpc) is 2.36. The molecule has 0 saturated heterocycles. The van der Waals surface area contributed by atoms with Gasteiger partial charge in [0.15, 0.2) is 0 Å². The maximum absolute atomic E-state index is 13.4. The molecule has 20 heavy (non-hydrogen) atoms. The van der Waals surface area contributed by atoms with Crippen molar-refractivity contribution >= 4 is 18.3 Å². The van der Waals surface area contributed by atoms with Gasteiger partial charge in [0.2, 0.25) is 5.91 Å². The molecule has 3 N–H and O–H groups in total. The predicted octanol–water partition coefficient (Wildman–Crippen LogP) is 2.67. The van der Waals surface area contributed by atoms with Crippen LogP contribution in [0.2, 0.25) is 0 Å². The predicted molar refractivity (Wildman–Crippen MR) is 82.4 cm³/mol. The SMILES string of the molecule is CC(N)CCNC(=O)C(C)CCc1ccccc1F.Cl. The van der Waals surface area contributed by atoms with Crippen LogP contribution in [0.5, 0.6) is 0 Å². The normalized spacial score (nSPS) is 13.2. The van der Waals surface area contributed by atoms with E-state index < -0.39 is 0 Å². The summed E-state index contributed by atoms with van der Waals surface area (Å²) in [7, 11) is 0. The number of nitrogens with one attached hydrogen (secondary N) is 1. The second kappa shape index (κ2) is 9.72. The molecule has 1 rings (SSSR count). The molecule has 1 aromatic rings. The number of hydrogen-bond donors (Lipinski definition) is 2. The minimum atomic E-state index is -0.202. The molecule has 0 aliphatic carbocycles. The minimum absolute atomic E-state index is 0. The number of halogens is 2.